The van der Waals surface area contributed by atoms with Gasteiger partial charge < -0.3 is 10.1 Å². The molecule has 1 aromatic rings. The van der Waals surface area contributed by atoms with Crippen molar-refractivity contribution >= 4 is 21.7 Å². The summed E-state index contributed by atoms with van der Waals surface area (Å²) in [4.78, 5) is 0. The highest BCUT2D eigenvalue weighted by Crippen LogP contribution is 2.32. The lowest BCUT2D eigenvalue weighted by atomic mass is 10.1. The van der Waals surface area contributed by atoms with Crippen LogP contribution in [-0.4, -0.2) is 37.6 Å². The molecule has 5 heteroatoms. The number of nitrogens with one attached hydrogen (secondary N) is 2. The standard InChI is InChI=1S/C17H23FN2OS/c1-22(2,3)11-9-13-7-8-15(14(12-13)17(18)19)20-16-6-4-5-10-21-16/h7-8,12,16,19-20H,4-6,10H2,1-3H3. The van der Waals surface area contributed by atoms with E-state index in [0.717, 1.165) is 31.4 Å². The van der Waals surface area contributed by atoms with Crippen LogP contribution in [0.3, 0.4) is 0 Å². The zero-order chi connectivity index (χ0) is 16.2. The van der Waals surface area contributed by atoms with Crippen LogP contribution in [0.15, 0.2) is 18.2 Å². The van der Waals surface area contributed by atoms with Crippen LogP contribution < -0.4 is 5.32 Å². The lowest BCUT2D eigenvalue weighted by Crippen LogP contribution is -2.27. The molecule has 0 radical (unpaired) electrons. The van der Waals surface area contributed by atoms with Crippen LogP contribution in [-0.2, 0) is 4.74 Å². The minimum atomic E-state index is -0.954. The van der Waals surface area contributed by atoms with Gasteiger partial charge in [-0.25, -0.2) is 0 Å². The first kappa shape index (κ1) is 16.9. The number of anilines is 1. The SMILES string of the molecule is CS(C)(C)C#Cc1ccc(NC2CCCCO2)c(C(=N)F)c1. The molecule has 0 bridgehead atoms. The van der Waals surface area contributed by atoms with Crippen LogP contribution in [0.4, 0.5) is 10.1 Å². The summed E-state index contributed by atoms with van der Waals surface area (Å²) in [5.41, 5.74) is 1.56. The van der Waals surface area contributed by atoms with Crippen LogP contribution in [0, 0.1) is 16.6 Å². The average molecular weight is 322 g/mol. The van der Waals surface area contributed by atoms with Crippen molar-refractivity contribution in [3.05, 3.63) is 29.3 Å². The molecular weight excluding hydrogens is 299 g/mol. The summed E-state index contributed by atoms with van der Waals surface area (Å²) < 4.78 is 19.2. The van der Waals surface area contributed by atoms with Gasteiger partial charge in [0.15, 0.2) is 0 Å². The monoisotopic (exact) mass is 322 g/mol. The summed E-state index contributed by atoms with van der Waals surface area (Å²) in [6.07, 6.45) is 9.26. The summed E-state index contributed by atoms with van der Waals surface area (Å²) in [7, 11) is -0.932. The van der Waals surface area contributed by atoms with Gasteiger partial charge in [-0.1, -0.05) is 5.92 Å². The Morgan fingerprint density at radius 1 is 1.36 bits per heavy atom. The van der Waals surface area contributed by atoms with Gasteiger partial charge >= 0.3 is 0 Å². The molecule has 0 aliphatic carbocycles. The molecule has 1 aliphatic rings. The van der Waals surface area contributed by atoms with Crippen molar-refractivity contribution < 1.29 is 9.13 Å². The molecule has 120 valence electrons. The summed E-state index contributed by atoms with van der Waals surface area (Å²) in [5, 5.41) is 13.7. The highest BCUT2D eigenvalue weighted by atomic mass is 32.3. The zero-order valence-corrected chi connectivity index (χ0v) is 14.1. The third-order valence-electron chi connectivity index (χ3n) is 3.25. The maximum absolute atomic E-state index is 13.6. The Morgan fingerprint density at radius 3 is 2.73 bits per heavy atom. The second kappa shape index (κ2) is 7.17. The third-order valence-corrected chi connectivity index (χ3v) is 3.97. The van der Waals surface area contributed by atoms with Crippen LogP contribution in [0.1, 0.15) is 30.4 Å². The molecule has 0 saturated carbocycles. The Morgan fingerprint density at radius 2 is 2.14 bits per heavy atom. The van der Waals surface area contributed by atoms with Crippen molar-refractivity contribution in [2.75, 3.05) is 30.7 Å². The third kappa shape index (κ3) is 5.04. The van der Waals surface area contributed by atoms with Gasteiger partial charge in [-0.3, -0.25) is 5.41 Å². The van der Waals surface area contributed by atoms with Crippen LogP contribution in [0.5, 0.6) is 0 Å². The molecule has 0 spiro atoms. The van der Waals surface area contributed by atoms with Gasteiger partial charge in [-0.2, -0.15) is 14.4 Å². The first-order valence-corrected chi connectivity index (χ1v) is 10.2. The Bertz CT molecular complexity index is 607. The molecule has 22 heavy (non-hydrogen) atoms. The number of hydrogen-bond acceptors (Lipinski definition) is 3. The van der Waals surface area contributed by atoms with Gasteiger partial charge in [0.2, 0.25) is 5.97 Å². The maximum Gasteiger partial charge on any atom is 0.214 e. The molecule has 0 aromatic heterocycles. The Kier molecular flexibility index (Phi) is 5.49. The number of benzene rings is 1. The molecule has 2 rings (SSSR count). The topological polar surface area (TPSA) is 45.1 Å². The smallest absolute Gasteiger partial charge is 0.214 e. The first-order valence-electron chi connectivity index (χ1n) is 7.33. The lowest BCUT2D eigenvalue weighted by molar-refractivity contribution is 0.0343. The first-order chi connectivity index (χ1) is 10.3. The van der Waals surface area contributed by atoms with E-state index >= 15 is 0 Å². The molecule has 1 fully saturated rings. The fourth-order valence-corrected chi connectivity index (χ4v) is 2.59. The van der Waals surface area contributed by atoms with Gasteiger partial charge in [0.05, 0.1) is 5.56 Å². The van der Waals surface area contributed by atoms with E-state index in [1.807, 2.05) is 6.07 Å². The minimum Gasteiger partial charge on any atom is -0.360 e. The number of hydrogen-bond donors (Lipinski definition) is 2. The van der Waals surface area contributed by atoms with E-state index in [-0.39, 0.29) is 11.8 Å². The molecule has 1 unspecified atom stereocenters. The molecule has 1 saturated heterocycles. The van der Waals surface area contributed by atoms with Crippen molar-refractivity contribution in [2.24, 2.45) is 0 Å². The van der Waals surface area contributed by atoms with Gasteiger partial charge in [0, 0.05) is 17.9 Å². The normalized spacial score (nSPS) is 19.0. The molecule has 1 aromatic carbocycles. The van der Waals surface area contributed by atoms with E-state index in [0.29, 0.717) is 5.69 Å². The van der Waals surface area contributed by atoms with Crippen molar-refractivity contribution in [2.45, 2.75) is 25.5 Å². The molecule has 1 aliphatic heterocycles. The van der Waals surface area contributed by atoms with Crippen molar-refractivity contribution in [1.82, 2.24) is 0 Å². The second-order valence-corrected chi connectivity index (χ2v) is 10.0. The second-order valence-electron chi connectivity index (χ2n) is 6.14. The van der Waals surface area contributed by atoms with Gasteiger partial charge in [0.1, 0.15) is 6.23 Å². The van der Waals surface area contributed by atoms with Crippen molar-refractivity contribution in [1.29, 1.82) is 5.41 Å². The fraction of sp³-hybridized carbons (Fsp3) is 0.471. The van der Waals surface area contributed by atoms with E-state index in [4.69, 9.17) is 10.1 Å². The highest BCUT2D eigenvalue weighted by Gasteiger charge is 2.16. The molecule has 1 heterocycles. The van der Waals surface area contributed by atoms with Crippen LogP contribution in [0.2, 0.25) is 0 Å². The molecular formula is C17H23FN2OS. The molecule has 1 atom stereocenters. The van der Waals surface area contributed by atoms with Crippen LogP contribution in [0.25, 0.3) is 0 Å². The highest BCUT2D eigenvalue weighted by molar-refractivity contribution is 8.35. The molecule has 2 N–H and O–H groups in total. The molecule has 3 nitrogen and oxygen atoms in total. The molecule has 0 amide bonds. The predicted octanol–water partition coefficient (Wildman–Crippen LogP) is 3.92. The zero-order valence-electron chi connectivity index (χ0n) is 13.3. The maximum atomic E-state index is 13.6. The van der Waals surface area contributed by atoms with Gasteiger partial charge in [0.25, 0.3) is 0 Å². The van der Waals surface area contributed by atoms with E-state index in [1.54, 1.807) is 12.1 Å². The lowest BCUT2D eigenvalue weighted by Gasteiger charge is -2.25. The van der Waals surface area contributed by atoms with E-state index in [2.05, 4.69) is 35.3 Å². The van der Waals surface area contributed by atoms with E-state index < -0.39 is 16.0 Å². The van der Waals surface area contributed by atoms with Crippen LogP contribution >= 0.6 is 10.0 Å². The van der Waals surface area contributed by atoms with Crippen molar-refractivity contribution in [3.8, 4) is 11.2 Å². The predicted molar refractivity (Wildman–Crippen MR) is 93.8 cm³/mol. The number of halogens is 1. The Hall–Kier alpha value is -1.51. The summed E-state index contributed by atoms with van der Waals surface area (Å²) >= 11 is 0. The van der Waals surface area contributed by atoms with E-state index in [9.17, 15) is 4.39 Å². The number of rotatable bonds is 3. The van der Waals surface area contributed by atoms with Gasteiger partial charge in [-0.05, 0) is 61.5 Å². The summed E-state index contributed by atoms with van der Waals surface area (Å²) in [6, 6.07) is 5.27. The van der Waals surface area contributed by atoms with Gasteiger partial charge in [-0.15, -0.1) is 0 Å². The van der Waals surface area contributed by atoms with Crippen molar-refractivity contribution in [3.63, 3.8) is 0 Å². The van der Waals surface area contributed by atoms with E-state index in [1.165, 1.54) is 0 Å². The fourth-order valence-electron chi connectivity index (χ4n) is 2.17. The summed E-state index contributed by atoms with van der Waals surface area (Å²) in [5.74, 6) is 2.12. The average Bonchev–Trinajstić information content (AvgIpc) is 2.46. The summed E-state index contributed by atoms with van der Waals surface area (Å²) in [6.45, 7) is 0.720. The Labute approximate surface area is 133 Å². The Balaban J connectivity index is 2.23. The largest absolute Gasteiger partial charge is 0.360 e. The quantitative estimate of drug-likeness (QED) is 0.654. The number of ether oxygens (including phenoxy) is 1. The minimum absolute atomic E-state index is 0.109.